The highest BCUT2D eigenvalue weighted by Gasteiger charge is 2.46. The van der Waals surface area contributed by atoms with Gasteiger partial charge >= 0.3 is 0 Å². The SMILES string of the molecule is Cc1cc(C)c2c(c1)OC1=C(CCC3C(C4=CCCCC4)COC13)CC2C(N)O. The van der Waals surface area contributed by atoms with Gasteiger partial charge in [-0.25, -0.2) is 0 Å². The van der Waals surface area contributed by atoms with Crippen LogP contribution in [-0.4, -0.2) is 24.0 Å². The summed E-state index contributed by atoms with van der Waals surface area (Å²) in [6, 6.07) is 4.25. The molecule has 3 N–H and O–H groups in total. The second-order valence-electron chi connectivity index (χ2n) is 9.45. The summed E-state index contributed by atoms with van der Waals surface area (Å²) in [7, 11) is 0. The summed E-state index contributed by atoms with van der Waals surface area (Å²) in [5.41, 5.74) is 12.3. The minimum atomic E-state index is -0.895. The summed E-state index contributed by atoms with van der Waals surface area (Å²) in [6.07, 6.45) is 9.60. The van der Waals surface area contributed by atoms with Gasteiger partial charge in [0, 0.05) is 23.3 Å². The normalized spacial score (nSPS) is 32.5. The van der Waals surface area contributed by atoms with Crippen LogP contribution in [0.5, 0.6) is 5.75 Å². The van der Waals surface area contributed by atoms with Gasteiger partial charge in [-0.2, -0.15) is 0 Å². The average Bonchev–Trinajstić information content (AvgIpc) is 3.05. The maximum absolute atomic E-state index is 10.4. The van der Waals surface area contributed by atoms with Gasteiger partial charge < -0.3 is 20.3 Å². The third-order valence-corrected chi connectivity index (χ3v) is 7.51. The lowest BCUT2D eigenvalue weighted by molar-refractivity contribution is 0.0777. The summed E-state index contributed by atoms with van der Waals surface area (Å²) in [5.74, 6) is 2.77. The van der Waals surface area contributed by atoms with Crippen LogP contribution in [0, 0.1) is 25.7 Å². The zero-order valence-corrected chi connectivity index (χ0v) is 17.6. The summed E-state index contributed by atoms with van der Waals surface area (Å²) in [6.45, 7) is 4.99. The first-order valence-electron chi connectivity index (χ1n) is 11.3. The molecule has 4 nitrogen and oxygen atoms in total. The zero-order chi connectivity index (χ0) is 20.1. The van der Waals surface area contributed by atoms with E-state index in [1.165, 1.54) is 36.8 Å². The molecule has 1 aromatic rings. The number of hydrogen-bond acceptors (Lipinski definition) is 4. The quantitative estimate of drug-likeness (QED) is 0.566. The molecule has 1 aromatic carbocycles. The number of rotatable bonds is 2. The van der Waals surface area contributed by atoms with Crippen molar-refractivity contribution >= 4 is 0 Å². The van der Waals surface area contributed by atoms with Crippen molar-refractivity contribution in [1.82, 2.24) is 0 Å². The van der Waals surface area contributed by atoms with E-state index < -0.39 is 6.23 Å². The summed E-state index contributed by atoms with van der Waals surface area (Å²) in [4.78, 5) is 0. The predicted octanol–water partition coefficient (Wildman–Crippen LogP) is 4.63. The molecule has 5 atom stereocenters. The Hall–Kier alpha value is -1.62. The smallest absolute Gasteiger partial charge is 0.132 e. The number of benzene rings is 1. The molecule has 156 valence electrons. The highest BCUT2D eigenvalue weighted by atomic mass is 16.5. The van der Waals surface area contributed by atoms with E-state index >= 15 is 0 Å². The summed E-state index contributed by atoms with van der Waals surface area (Å²) in [5, 5.41) is 10.4. The molecule has 1 fully saturated rings. The molecule has 1 saturated heterocycles. The van der Waals surface area contributed by atoms with Gasteiger partial charge in [0.15, 0.2) is 0 Å². The molecular formula is C25H33NO3. The van der Waals surface area contributed by atoms with Crippen molar-refractivity contribution in [2.24, 2.45) is 17.6 Å². The lowest BCUT2D eigenvalue weighted by Gasteiger charge is -2.32. The average molecular weight is 396 g/mol. The number of aliphatic hydroxyl groups excluding tert-OH is 1. The molecule has 2 heterocycles. The number of allylic oxidation sites excluding steroid dienone is 2. The van der Waals surface area contributed by atoms with Gasteiger partial charge in [-0.1, -0.05) is 17.7 Å². The molecule has 5 rings (SSSR count). The standard InChI is InChI=1S/C25H33NO3/c1-14-10-15(2)22-19(25(26)27)12-17-8-9-18-20(16-6-4-3-5-7-16)13-28-24(18)23(17)29-21(22)11-14/h6,10-11,18-20,24-25,27H,3-5,7-9,12-13,26H2,1-2H3. The van der Waals surface area contributed by atoms with E-state index in [0.717, 1.165) is 48.5 Å². The molecule has 0 radical (unpaired) electrons. The molecule has 0 spiro atoms. The molecular weight excluding hydrogens is 362 g/mol. The Bertz CT molecular complexity index is 869. The second kappa shape index (κ2) is 7.57. The van der Waals surface area contributed by atoms with E-state index in [1.54, 1.807) is 5.57 Å². The van der Waals surface area contributed by atoms with Crippen molar-refractivity contribution < 1.29 is 14.6 Å². The number of nitrogens with two attached hydrogens (primary N) is 1. The van der Waals surface area contributed by atoms with Crippen LogP contribution in [0.15, 0.2) is 35.1 Å². The highest BCUT2D eigenvalue weighted by molar-refractivity contribution is 5.49. The Balaban J connectivity index is 1.51. The van der Waals surface area contributed by atoms with Crippen LogP contribution in [0.3, 0.4) is 0 Å². The van der Waals surface area contributed by atoms with Gasteiger partial charge in [0.25, 0.3) is 0 Å². The number of aryl methyl sites for hydroxylation is 2. The monoisotopic (exact) mass is 395 g/mol. The van der Waals surface area contributed by atoms with E-state index in [0.29, 0.717) is 11.8 Å². The number of fused-ring (bicyclic) bond motifs is 3. The fraction of sp³-hybridized carbons (Fsp3) is 0.600. The van der Waals surface area contributed by atoms with Crippen molar-refractivity contribution in [2.75, 3.05) is 6.61 Å². The van der Waals surface area contributed by atoms with E-state index in [4.69, 9.17) is 15.2 Å². The van der Waals surface area contributed by atoms with Gasteiger partial charge in [-0.15, -0.1) is 0 Å². The van der Waals surface area contributed by atoms with E-state index in [2.05, 4.69) is 32.1 Å². The highest BCUT2D eigenvalue weighted by Crippen LogP contribution is 2.50. The van der Waals surface area contributed by atoms with Gasteiger partial charge in [-0.3, -0.25) is 0 Å². The maximum atomic E-state index is 10.4. The largest absolute Gasteiger partial charge is 0.459 e. The van der Waals surface area contributed by atoms with E-state index in [-0.39, 0.29) is 12.0 Å². The molecule has 0 amide bonds. The zero-order valence-electron chi connectivity index (χ0n) is 17.6. The van der Waals surface area contributed by atoms with Crippen molar-refractivity contribution in [1.29, 1.82) is 0 Å². The number of ether oxygens (including phenoxy) is 2. The van der Waals surface area contributed by atoms with Crippen LogP contribution < -0.4 is 10.5 Å². The fourth-order valence-corrected chi connectivity index (χ4v) is 6.15. The van der Waals surface area contributed by atoms with E-state index in [1.807, 2.05) is 0 Å². The van der Waals surface area contributed by atoms with Crippen LogP contribution in [0.2, 0.25) is 0 Å². The molecule has 0 aromatic heterocycles. The van der Waals surface area contributed by atoms with Crippen molar-refractivity contribution in [3.8, 4) is 5.75 Å². The Morgan fingerprint density at radius 3 is 2.79 bits per heavy atom. The van der Waals surface area contributed by atoms with Crippen LogP contribution in [0.4, 0.5) is 0 Å². The number of hydrogen-bond donors (Lipinski definition) is 2. The summed E-state index contributed by atoms with van der Waals surface area (Å²) >= 11 is 0. The minimum absolute atomic E-state index is 0.0360. The van der Waals surface area contributed by atoms with Crippen LogP contribution in [0.1, 0.15) is 67.6 Å². The summed E-state index contributed by atoms with van der Waals surface area (Å²) < 4.78 is 13.0. The molecule has 2 aliphatic heterocycles. The Labute approximate surface area is 173 Å². The lowest BCUT2D eigenvalue weighted by atomic mass is 9.73. The number of aliphatic hydroxyl groups is 1. The van der Waals surface area contributed by atoms with Crippen LogP contribution in [0.25, 0.3) is 0 Å². The lowest BCUT2D eigenvalue weighted by Crippen LogP contribution is -2.31. The minimum Gasteiger partial charge on any atom is -0.459 e. The molecule has 4 aliphatic rings. The first kappa shape index (κ1) is 19.3. The fourth-order valence-electron chi connectivity index (χ4n) is 6.15. The first-order chi connectivity index (χ1) is 14.0. The third kappa shape index (κ3) is 3.35. The topological polar surface area (TPSA) is 64.7 Å². The maximum Gasteiger partial charge on any atom is 0.132 e. The molecule has 4 heteroatoms. The molecule has 0 bridgehead atoms. The Kier molecular flexibility index (Phi) is 5.05. The predicted molar refractivity (Wildman–Crippen MR) is 114 cm³/mol. The van der Waals surface area contributed by atoms with Crippen LogP contribution >= 0.6 is 0 Å². The Morgan fingerprint density at radius 1 is 1.17 bits per heavy atom. The third-order valence-electron chi connectivity index (χ3n) is 7.51. The molecule has 2 aliphatic carbocycles. The molecule has 5 unspecified atom stereocenters. The second-order valence-corrected chi connectivity index (χ2v) is 9.45. The first-order valence-corrected chi connectivity index (χ1v) is 11.3. The Morgan fingerprint density at radius 2 is 2.03 bits per heavy atom. The van der Waals surface area contributed by atoms with Crippen molar-refractivity contribution in [2.45, 2.75) is 77.0 Å². The van der Waals surface area contributed by atoms with Gasteiger partial charge in [0.05, 0.1) is 6.61 Å². The van der Waals surface area contributed by atoms with Gasteiger partial charge in [-0.05, 0) is 81.6 Å². The van der Waals surface area contributed by atoms with Gasteiger partial charge in [0.1, 0.15) is 23.8 Å². The van der Waals surface area contributed by atoms with E-state index in [9.17, 15) is 5.11 Å². The van der Waals surface area contributed by atoms with Gasteiger partial charge in [0.2, 0.25) is 0 Å². The van der Waals surface area contributed by atoms with Crippen LogP contribution in [-0.2, 0) is 4.74 Å². The van der Waals surface area contributed by atoms with Crippen molar-refractivity contribution in [3.05, 3.63) is 51.8 Å². The molecule has 0 saturated carbocycles. The van der Waals surface area contributed by atoms with Crippen molar-refractivity contribution in [3.63, 3.8) is 0 Å². The molecule has 29 heavy (non-hydrogen) atoms.